The molecule has 18 heavy (non-hydrogen) atoms. The summed E-state index contributed by atoms with van der Waals surface area (Å²) in [5.41, 5.74) is 0. The molecule has 0 saturated carbocycles. The van der Waals surface area contributed by atoms with Gasteiger partial charge in [-0.15, -0.1) is 0 Å². The maximum atomic E-state index is 8.93. The molecular weight excluding hydrogens is 220 g/mol. The van der Waals surface area contributed by atoms with Crippen molar-refractivity contribution in [1.29, 1.82) is 0 Å². The van der Waals surface area contributed by atoms with E-state index < -0.39 is 0 Å². The molecule has 0 heterocycles. The van der Waals surface area contributed by atoms with E-state index in [9.17, 15) is 0 Å². The monoisotopic (exact) mass is 256 g/mol. The van der Waals surface area contributed by atoms with Gasteiger partial charge >= 0.3 is 0 Å². The van der Waals surface area contributed by atoms with Crippen LogP contribution in [0.3, 0.4) is 0 Å². The largest absolute Gasteiger partial charge is 0.396 e. The fourth-order valence-electron chi connectivity index (χ4n) is 2.49. The van der Waals surface area contributed by atoms with Gasteiger partial charge in [-0.1, -0.05) is 85.0 Å². The van der Waals surface area contributed by atoms with Crippen LogP contribution in [0.4, 0.5) is 0 Å². The molecular formula is C17H36O. The molecule has 0 bridgehead atoms. The highest BCUT2D eigenvalue weighted by atomic mass is 16.3. The third-order valence-electron chi connectivity index (χ3n) is 4.01. The Labute approximate surface area is 115 Å². The quantitative estimate of drug-likeness (QED) is 0.428. The molecule has 0 aromatic rings. The number of aliphatic hydroxyl groups is 1. The first-order valence-electron chi connectivity index (χ1n) is 8.31. The highest BCUT2D eigenvalue weighted by molar-refractivity contribution is 4.56. The molecule has 0 spiro atoms. The van der Waals surface area contributed by atoms with Gasteiger partial charge in [0, 0.05) is 6.61 Å². The molecule has 0 fully saturated rings. The SMILES string of the molecule is CCCCCC(C)CCCCCCCC(C)CO. The summed E-state index contributed by atoms with van der Waals surface area (Å²) < 4.78 is 0. The Morgan fingerprint density at radius 2 is 1.11 bits per heavy atom. The van der Waals surface area contributed by atoms with Crippen molar-refractivity contribution in [1.82, 2.24) is 0 Å². The van der Waals surface area contributed by atoms with Crippen LogP contribution in [0, 0.1) is 11.8 Å². The van der Waals surface area contributed by atoms with Gasteiger partial charge in [0.05, 0.1) is 0 Å². The summed E-state index contributed by atoms with van der Waals surface area (Å²) in [6.07, 6.45) is 15.1. The van der Waals surface area contributed by atoms with Crippen LogP contribution in [0.25, 0.3) is 0 Å². The third kappa shape index (κ3) is 12.4. The Hall–Kier alpha value is -0.0400. The van der Waals surface area contributed by atoms with Gasteiger partial charge in [0.25, 0.3) is 0 Å². The van der Waals surface area contributed by atoms with Crippen molar-refractivity contribution < 1.29 is 5.11 Å². The molecule has 1 N–H and O–H groups in total. The van der Waals surface area contributed by atoms with Crippen LogP contribution < -0.4 is 0 Å². The third-order valence-corrected chi connectivity index (χ3v) is 4.01. The lowest BCUT2D eigenvalue weighted by Gasteiger charge is -2.11. The van der Waals surface area contributed by atoms with E-state index in [-0.39, 0.29) is 0 Å². The predicted octanol–water partition coefficient (Wildman–Crippen LogP) is 5.56. The fraction of sp³-hybridized carbons (Fsp3) is 1.00. The molecule has 0 aliphatic heterocycles. The number of aliphatic hydroxyl groups excluding tert-OH is 1. The van der Waals surface area contributed by atoms with Crippen molar-refractivity contribution in [2.75, 3.05) is 6.61 Å². The van der Waals surface area contributed by atoms with Gasteiger partial charge in [0.1, 0.15) is 0 Å². The molecule has 1 heteroatoms. The Balaban J connectivity index is 3.14. The van der Waals surface area contributed by atoms with E-state index in [0.29, 0.717) is 12.5 Å². The van der Waals surface area contributed by atoms with Crippen molar-refractivity contribution in [3.8, 4) is 0 Å². The van der Waals surface area contributed by atoms with E-state index in [0.717, 1.165) is 5.92 Å². The van der Waals surface area contributed by atoms with Crippen molar-refractivity contribution in [2.45, 2.75) is 91.4 Å². The molecule has 0 aliphatic rings. The van der Waals surface area contributed by atoms with Gasteiger partial charge in [-0.25, -0.2) is 0 Å². The zero-order valence-corrected chi connectivity index (χ0v) is 13.1. The minimum absolute atomic E-state index is 0.356. The molecule has 0 rings (SSSR count). The summed E-state index contributed by atoms with van der Waals surface area (Å²) in [6, 6.07) is 0. The minimum atomic E-state index is 0.356. The minimum Gasteiger partial charge on any atom is -0.396 e. The normalized spacial score (nSPS) is 14.7. The van der Waals surface area contributed by atoms with Crippen LogP contribution in [-0.4, -0.2) is 11.7 Å². The van der Waals surface area contributed by atoms with Gasteiger partial charge in [-0.3, -0.25) is 0 Å². The van der Waals surface area contributed by atoms with E-state index in [1.807, 2.05) is 0 Å². The number of hydrogen-bond acceptors (Lipinski definition) is 1. The molecule has 2 atom stereocenters. The highest BCUT2D eigenvalue weighted by Crippen LogP contribution is 2.18. The molecule has 0 aliphatic carbocycles. The second-order valence-electron chi connectivity index (χ2n) is 6.23. The molecule has 0 aromatic carbocycles. The lowest BCUT2D eigenvalue weighted by molar-refractivity contribution is 0.227. The number of hydrogen-bond donors (Lipinski definition) is 1. The van der Waals surface area contributed by atoms with E-state index in [4.69, 9.17) is 5.11 Å². The van der Waals surface area contributed by atoms with Crippen molar-refractivity contribution >= 4 is 0 Å². The zero-order valence-electron chi connectivity index (χ0n) is 13.1. The van der Waals surface area contributed by atoms with Crippen LogP contribution >= 0.6 is 0 Å². The zero-order chi connectivity index (χ0) is 13.6. The van der Waals surface area contributed by atoms with Crippen molar-refractivity contribution in [2.24, 2.45) is 11.8 Å². The smallest absolute Gasteiger partial charge is 0.0456 e. The summed E-state index contributed by atoms with van der Waals surface area (Å²) in [4.78, 5) is 0. The van der Waals surface area contributed by atoms with Crippen LogP contribution in [-0.2, 0) is 0 Å². The maximum Gasteiger partial charge on any atom is 0.0456 e. The average molecular weight is 256 g/mol. The van der Waals surface area contributed by atoms with E-state index in [1.165, 1.54) is 70.6 Å². The topological polar surface area (TPSA) is 20.2 Å². The molecule has 2 unspecified atom stereocenters. The fourth-order valence-corrected chi connectivity index (χ4v) is 2.49. The Bertz CT molecular complexity index is 156. The Kier molecular flexibility index (Phi) is 13.4. The lowest BCUT2D eigenvalue weighted by Crippen LogP contribution is -1.99. The van der Waals surface area contributed by atoms with Gasteiger partial charge in [-0.05, 0) is 18.3 Å². The van der Waals surface area contributed by atoms with E-state index in [2.05, 4.69) is 20.8 Å². The summed E-state index contributed by atoms with van der Waals surface area (Å²) in [6.45, 7) is 7.19. The maximum absolute atomic E-state index is 8.93. The van der Waals surface area contributed by atoms with E-state index >= 15 is 0 Å². The summed E-state index contributed by atoms with van der Waals surface area (Å²) in [5, 5.41) is 8.93. The Morgan fingerprint density at radius 1 is 0.667 bits per heavy atom. The van der Waals surface area contributed by atoms with Crippen molar-refractivity contribution in [3.05, 3.63) is 0 Å². The second-order valence-corrected chi connectivity index (χ2v) is 6.23. The Morgan fingerprint density at radius 3 is 1.61 bits per heavy atom. The van der Waals surface area contributed by atoms with Gasteiger partial charge < -0.3 is 5.11 Å². The molecule has 0 aromatic heterocycles. The van der Waals surface area contributed by atoms with E-state index in [1.54, 1.807) is 0 Å². The second kappa shape index (κ2) is 13.4. The number of unbranched alkanes of at least 4 members (excludes halogenated alkanes) is 6. The van der Waals surface area contributed by atoms with Gasteiger partial charge in [-0.2, -0.15) is 0 Å². The summed E-state index contributed by atoms with van der Waals surface area (Å²) >= 11 is 0. The summed E-state index contributed by atoms with van der Waals surface area (Å²) in [7, 11) is 0. The van der Waals surface area contributed by atoms with Crippen LogP contribution in [0.15, 0.2) is 0 Å². The van der Waals surface area contributed by atoms with Crippen LogP contribution in [0.1, 0.15) is 91.4 Å². The molecule has 1 nitrogen and oxygen atoms in total. The first kappa shape index (κ1) is 18.0. The highest BCUT2D eigenvalue weighted by Gasteiger charge is 2.02. The molecule has 0 amide bonds. The molecule has 110 valence electrons. The number of rotatable bonds is 13. The van der Waals surface area contributed by atoms with Gasteiger partial charge in [0.15, 0.2) is 0 Å². The standard InChI is InChI=1S/C17H36O/c1-4-5-9-12-16(2)13-10-7-6-8-11-14-17(3)15-18/h16-18H,4-15H2,1-3H3. The first-order valence-corrected chi connectivity index (χ1v) is 8.31. The van der Waals surface area contributed by atoms with Crippen LogP contribution in [0.5, 0.6) is 0 Å². The first-order chi connectivity index (χ1) is 8.70. The van der Waals surface area contributed by atoms with Crippen molar-refractivity contribution in [3.63, 3.8) is 0 Å². The summed E-state index contributed by atoms with van der Waals surface area (Å²) in [5.74, 6) is 1.44. The lowest BCUT2D eigenvalue weighted by atomic mass is 9.96. The molecule has 0 saturated heterocycles. The predicted molar refractivity (Wildman–Crippen MR) is 81.9 cm³/mol. The van der Waals surface area contributed by atoms with Crippen LogP contribution in [0.2, 0.25) is 0 Å². The average Bonchev–Trinajstić information content (AvgIpc) is 2.37. The van der Waals surface area contributed by atoms with Gasteiger partial charge in [0.2, 0.25) is 0 Å². The molecule has 0 radical (unpaired) electrons.